The van der Waals surface area contributed by atoms with Crippen LogP contribution in [-0.2, 0) is 6.18 Å². The van der Waals surface area contributed by atoms with E-state index in [-0.39, 0.29) is 18.2 Å². The molecule has 0 aliphatic carbocycles. The Labute approximate surface area is 115 Å². The van der Waals surface area contributed by atoms with E-state index in [1.54, 1.807) is 11.8 Å². The molecule has 0 saturated carbocycles. The third kappa shape index (κ3) is 5.42. The molecule has 0 saturated heterocycles. The Balaban J connectivity index is 2.64. The SMILES string of the molecule is CSCC(C)NCC(O)c1cccc(C(F)(F)F)c1. The number of benzene rings is 1. The molecule has 0 aromatic heterocycles. The van der Waals surface area contributed by atoms with Crippen molar-refractivity contribution >= 4 is 11.8 Å². The van der Waals surface area contributed by atoms with Crippen LogP contribution in [0.1, 0.15) is 24.2 Å². The summed E-state index contributed by atoms with van der Waals surface area (Å²) in [6, 6.07) is 5.01. The van der Waals surface area contributed by atoms with E-state index in [0.29, 0.717) is 0 Å². The molecule has 2 N–H and O–H groups in total. The number of thioether (sulfide) groups is 1. The van der Waals surface area contributed by atoms with Gasteiger partial charge in [0, 0.05) is 18.3 Å². The Bertz CT molecular complexity index is 398. The van der Waals surface area contributed by atoms with Gasteiger partial charge < -0.3 is 10.4 Å². The first-order valence-electron chi connectivity index (χ1n) is 5.92. The summed E-state index contributed by atoms with van der Waals surface area (Å²) in [5.41, 5.74) is -0.458. The highest BCUT2D eigenvalue weighted by molar-refractivity contribution is 7.98. The molecular weight excluding hydrogens is 275 g/mol. The van der Waals surface area contributed by atoms with E-state index < -0.39 is 17.8 Å². The zero-order valence-corrected chi connectivity index (χ0v) is 11.7. The molecule has 2 unspecified atom stereocenters. The summed E-state index contributed by atoms with van der Waals surface area (Å²) in [4.78, 5) is 0. The van der Waals surface area contributed by atoms with Gasteiger partial charge >= 0.3 is 6.18 Å². The maximum Gasteiger partial charge on any atom is 0.416 e. The Morgan fingerprint density at radius 1 is 1.37 bits per heavy atom. The van der Waals surface area contributed by atoms with Gasteiger partial charge in [0.1, 0.15) is 0 Å². The summed E-state index contributed by atoms with van der Waals surface area (Å²) in [7, 11) is 0. The van der Waals surface area contributed by atoms with Crippen LogP contribution in [0, 0.1) is 0 Å². The van der Waals surface area contributed by atoms with Gasteiger partial charge in [-0.2, -0.15) is 24.9 Å². The van der Waals surface area contributed by atoms with E-state index in [0.717, 1.165) is 17.9 Å². The van der Waals surface area contributed by atoms with Gasteiger partial charge in [0.2, 0.25) is 0 Å². The van der Waals surface area contributed by atoms with Crippen molar-refractivity contribution in [2.75, 3.05) is 18.6 Å². The van der Waals surface area contributed by atoms with Crippen LogP contribution in [-0.4, -0.2) is 29.7 Å². The van der Waals surface area contributed by atoms with E-state index in [1.807, 2.05) is 13.2 Å². The van der Waals surface area contributed by atoms with Crippen molar-refractivity contribution < 1.29 is 18.3 Å². The third-order valence-corrected chi connectivity index (χ3v) is 3.51. The zero-order chi connectivity index (χ0) is 14.5. The molecule has 0 amide bonds. The summed E-state index contributed by atoms with van der Waals surface area (Å²) in [6.07, 6.45) is -3.34. The van der Waals surface area contributed by atoms with Crippen LogP contribution in [0.5, 0.6) is 0 Å². The minimum absolute atomic E-state index is 0.204. The highest BCUT2D eigenvalue weighted by atomic mass is 32.2. The standard InChI is InChI=1S/C13H18F3NOS/c1-9(8-19-2)17-7-12(18)10-4-3-5-11(6-10)13(14,15)16/h3-6,9,12,17-18H,7-8H2,1-2H3. The average molecular weight is 293 g/mol. The van der Waals surface area contributed by atoms with Crippen LogP contribution in [0.25, 0.3) is 0 Å². The predicted molar refractivity (Wildman–Crippen MR) is 72.3 cm³/mol. The van der Waals surface area contributed by atoms with Gasteiger partial charge in [0.15, 0.2) is 0 Å². The molecule has 1 rings (SSSR count). The first-order chi connectivity index (χ1) is 8.84. The fraction of sp³-hybridized carbons (Fsp3) is 0.538. The molecule has 0 aliphatic heterocycles. The van der Waals surface area contributed by atoms with Crippen LogP contribution in [0.15, 0.2) is 24.3 Å². The van der Waals surface area contributed by atoms with Crippen molar-refractivity contribution in [3.63, 3.8) is 0 Å². The molecule has 0 spiro atoms. The van der Waals surface area contributed by atoms with Crippen molar-refractivity contribution in [1.82, 2.24) is 5.32 Å². The summed E-state index contributed by atoms with van der Waals surface area (Å²) >= 11 is 1.67. The van der Waals surface area contributed by atoms with Gasteiger partial charge in [0.25, 0.3) is 0 Å². The van der Waals surface area contributed by atoms with Gasteiger partial charge in [-0.05, 0) is 30.9 Å². The Morgan fingerprint density at radius 3 is 2.63 bits per heavy atom. The molecular formula is C13H18F3NOS. The van der Waals surface area contributed by atoms with E-state index in [9.17, 15) is 18.3 Å². The second-order valence-electron chi connectivity index (χ2n) is 4.40. The van der Waals surface area contributed by atoms with E-state index in [2.05, 4.69) is 5.32 Å². The van der Waals surface area contributed by atoms with Crippen molar-refractivity contribution in [2.45, 2.75) is 25.2 Å². The summed E-state index contributed by atoms with van der Waals surface area (Å²) < 4.78 is 37.6. The van der Waals surface area contributed by atoms with Crippen molar-refractivity contribution in [3.05, 3.63) is 35.4 Å². The Kier molecular flexibility index (Phi) is 6.16. The molecule has 0 aliphatic rings. The number of nitrogens with one attached hydrogen (secondary N) is 1. The maximum absolute atomic E-state index is 12.5. The second kappa shape index (κ2) is 7.17. The van der Waals surface area contributed by atoms with Crippen molar-refractivity contribution in [1.29, 1.82) is 0 Å². The average Bonchev–Trinajstić information content (AvgIpc) is 2.35. The lowest BCUT2D eigenvalue weighted by Crippen LogP contribution is -2.32. The molecule has 0 heterocycles. The molecule has 0 bridgehead atoms. The van der Waals surface area contributed by atoms with Gasteiger partial charge in [0.05, 0.1) is 11.7 Å². The Morgan fingerprint density at radius 2 is 2.05 bits per heavy atom. The van der Waals surface area contributed by atoms with E-state index in [1.165, 1.54) is 12.1 Å². The third-order valence-electron chi connectivity index (χ3n) is 2.68. The molecule has 0 radical (unpaired) electrons. The van der Waals surface area contributed by atoms with Crippen molar-refractivity contribution in [2.24, 2.45) is 0 Å². The molecule has 108 valence electrons. The smallest absolute Gasteiger partial charge is 0.387 e. The number of aliphatic hydroxyl groups excluding tert-OH is 1. The first kappa shape index (κ1) is 16.3. The molecule has 2 nitrogen and oxygen atoms in total. The molecule has 6 heteroatoms. The van der Waals surface area contributed by atoms with Crippen LogP contribution in [0.2, 0.25) is 0 Å². The minimum Gasteiger partial charge on any atom is -0.387 e. The normalized spacial score (nSPS) is 15.3. The van der Waals surface area contributed by atoms with Gasteiger partial charge in [-0.1, -0.05) is 12.1 Å². The highest BCUT2D eigenvalue weighted by Crippen LogP contribution is 2.30. The summed E-state index contributed by atoms with van der Waals surface area (Å²) in [6.45, 7) is 2.21. The summed E-state index contributed by atoms with van der Waals surface area (Å²) in [5.74, 6) is 0.884. The molecule has 19 heavy (non-hydrogen) atoms. The largest absolute Gasteiger partial charge is 0.416 e. The number of alkyl halides is 3. The first-order valence-corrected chi connectivity index (χ1v) is 7.31. The second-order valence-corrected chi connectivity index (χ2v) is 5.31. The summed E-state index contributed by atoms with van der Waals surface area (Å²) in [5, 5.41) is 13.0. The van der Waals surface area contributed by atoms with E-state index in [4.69, 9.17) is 0 Å². The van der Waals surface area contributed by atoms with Crippen molar-refractivity contribution in [3.8, 4) is 0 Å². The molecule has 2 atom stereocenters. The number of hydrogen-bond donors (Lipinski definition) is 2. The van der Waals surface area contributed by atoms with Gasteiger partial charge in [-0.3, -0.25) is 0 Å². The predicted octanol–water partition coefficient (Wildman–Crippen LogP) is 3.08. The zero-order valence-electron chi connectivity index (χ0n) is 10.9. The lowest BCUT2D eigenvalue weighted by Gasteiger charge is -2.17. The lowest BCUT2D eigenvalue weighted by atomic mass is 10.1. The minimum atomic E-state index is -4.38. The molecule has 1 aromatic rings. The van der Waals surface area contributed by atoms with Gasteiger partial charge in [-0.15, -0.1) is 0 Å². The highest BCUT2D eigenvalue weighted by Gasteiger charge is 2.30. The number of hydrogen-bond acceptors (Lipinski definition) is 3. The van der Waals surface area contributed by atoms with Crippen LogP contribution in [0.3, 0.4) is 0 Å². The fourth-order valence-electron chi connectivity index (χ4n) is 1.66. The monoisotopic (exact) mass is 293 g/mol. The van der Waals surface area contributed by atoms with Crippen LogP contribution in [0.4, 0.5) is 13.2 Å². The lowest BCUT2D eigenvalue weighted by molar-refractivity contribution is -0.137. The molecule has 0 fully saturated rings. The maximum atomic E-state index is 12.5. The van der Waals surface area contributed by atoms with E-state index >= 15 is 0 Å². The topological polar surface area (TPSA) is 32.3 Å². The van der Waals surface area contributed by atoms with Gasteiger partial charge in [-0.25, -0.2) is 0 Å². The quantitative estimate of drug-likeness (QED) is 0.845. The molecule has 1 aromatic carbocycles. The Hall–Kier alpha value is -0.720. The number of rotatable bonds is 6. The number of halogens is 3. The van der Waals surface area contributed by atoms with Crippen LogP contribution < -0.4 is 5.32 Å². The number of aliphatic hydroxyl groups is 1. The van der Waals surface area contributed by atoms with Crippen LogP contribution >= 0.6 is 11.8 Å². The fourth-order valence-corrected chi connectivity index (χ4v) is 2.28.